The quantitative estimate of drug-likeness (QED) is 0.160. The number of nitrogens with zero attached hydrogens (tertiary/aromatic N) is 1. The van der Waals surface area contributed by atoms with E-state index >= 15 is 0 Å². The van der Waals surface area contributed by atoms with Crippen molar-refractivity contribution in [2.24, 2.45) is 11.8 Å². The van der Waals surface area contributed by atoms with Crippen LogP contribution in [0.1, 0.15) is 59.3 Å². The van der Waals surface area contributed by atoms with Crippen LogP contribution in [0.5, 0.6) is 0 Å². The summed E-state index contributed by atoms with van der Waals surface area (Å²) < 4.78 is 31.5. The molecule has 1 rings (SSSR count). The van der Waals surface area contributed by atoms with Crippen LogP contribution in [0.25, 0.3) is 0 Å². The number of carboxylic acid groups (broad SMARTS) is 3. The summed E-state index contributed by atoms with van der Waals surface area (Å²) in [6.45, 7) is 7.18. The van der Waals surface area contributed by atoms with Crippen molar-refractivity contribution >= 4 is 35.6 Å². The lowest BCUT2D eigenvalue weighted by Gasteiger charge is -2.25. The van der Waals surface area contributed by atoms with Crippen molar-refractivity contribution in [3.05, 3.63) is 0 Å². The van der Waals surface area contributed by atoms with Gasteiger partial charge in [0.2, 0.25) is 17.7 Å². The van der Waals surface area contributed by atoms with Crippen LogP contribution in [0.3, 0.4) is 0 Å². The van der Waals surface area contributed by atoms with Gasteiger partial charge in [-0.05, 0) is 44.4 Å². The first-order chi connectivity index (χ1) is 18.5. The SMILES string of the molecule is CCN(CC(=O)N[C@@H](CC(=O)O)C(=O)N[C@@H](C(=O)O)C(C)C)C(=O)CCCC1CC[NH2+]CC1.O=C([O-])C(F)(F)F. The highest BCUT2D eigenvalue weighted by Gasteiger charge is 2.31. The summed E-state index contributed by atoms with van der Waals surface area (Å²) in [5.74, 6) is -7.13. The van der Waals surface area contributed by atoms with Crippen molar-refractivity contribution in [2.75, 3.05) is 26.2 Å². The van der Waals surface area contributed by atoms with Crippen molar-refractivity contribution in [3.63, 3.8) is 0 Å². The Kier molecular flexibility index (Phi) is 16.5. The molecule has 0 aliphatic carbocycles. The van der Waals surface area contributed by atoms with Crippen LogP contribution in [0, 0.1) is 11.8 Å². The second kappa shape index (κ2) is 18.0. The highest BCUT2D eigenvalue weighted by molar-refractivity contribution is 5.94. The lowest BCUT2D eigenvalue weighted by molar-refractivity contribution is -0.664. The average Bonchev–Trinajstić information content (AvgIpc) is 2.84. The zero-order chi connectivity index (χ0) is 31.0. The van der Waals surface area contributed by atoms with Crippen LogP contribution in [-0.2, 0) is 28.8 Å². The van der Waals surface area contributed by atoms with Gasteiger partial charge in [0.15, 0.2) is 0 Å². The number of alkyl halides is 3. The number of nitrogens with two attached hydrogens (primary N) is 1. The molecule has 0 aromatic heterocycles. The third-order valence-electron chi connectivity index (χ3n) is 6.12. The first-order valence-corrected chi connectivity index (χ1v) is 12.9. The Balaban J connectivity index is 0.00000191. The number of hydrogen-bond acceptors (Lipinski definition) is 7. The summed E-state index contributed by atoms with van der Waals surface area (Å²) in [4.78, 5) is 70.2. The summed E-state index contributed by atoms with van der Waals surface area (Å²) >= 11 is 0. The van der Waals surface area contributed by atoms with Gasteiger partial charge in [0.1, 0.15) is 18.1 Å². The van der Waals surface area contributed by atoms with Gasteiger partial charge in [-0.15, -0.1) is 0 Å². The topological polar surface area (TPSA) is 210 Å². The molecule has 1 heterocycles. The van der Waals surface area contributed by atoms with Crippen molar-refractivity contribution in [3.8, 4) is 0 Å². The molecule has 1 fully saturated rings. The van der Waals surface area contributed by atoms with Gasteiger partial charge in [-0.25, -0.2) is 4.79 Å². The van der Waals surface area contributed by atoms with Crippen molar-refractivity contribution < 1.29 is 62.6 Å². The molecule has 0 aromatic rings. The molecule has 0 bridgehead atoms. The van der Waals surface area contributed by atoms with Gasteiger partial charge in [0, 0.05) is 13.0 Å². The maximum absolute atomic E-state index is 12.5. The summed E-state index contributed by atoms with van der Waals surface area (Å²) in [6.07, 6.45) is -1.54. The predicted octanol–water partition coefficient (Wildman–Crippen LogP) is -1.54. The summed E-state index contributed by atoms with van der Waals surface area (Å²) in [7, 11) is 0. The van der Waals surface area contributed by atoms with Gasteiger partial charge in [-0.2, -0.15) is 13.2 Å². The Bertz CT molecular complexity index is 878. The summed E-state index contributed by atoms with van der Waals surface area (Å²) in [5, 5.41) is 34.0. The maximum Gasteiger partial charge on any atom is 0.430 e. The molecule has 0 radical (unpaired) electrons. The van der Waals surface area contributed by atoms with Crippen LogP contribution < -0.4 is 21.1 Å². The Morgan fingerprint density at radius 2 is 1.60 bits per heavy atom. The minimum Gasteiger partial charge on any atom is -0.542 e. The van der Waals surface area contributed by atoms with Gasteiger partial charge >= 0.3 is 18.1 Å². The number of rotatable bonds is 14. The molecule has 1 aliphatic heterocycles. The van der Waals surface area contributed by atoms with Crippen LogP contribution in [0.4, 0.5) is 13.2 Å². The van der Waals surface area contributed by atoms with E-state index in [9.17, 15) is 42.3 Å². The molecule has 16 heteroatoms. The molecule has 13 nitrogen and oxygen atoms in total. The summed E-state index contributed by atoms with van der Waals surface area (Å²) in [6, 6.07) is -2.67. The minimum absolute atomic E-state index is 0.167. The Morgan fingerprint density at radius 1 is 1.05 bits per heavy atom. The largest absolute Gasteiger partial charge is 0.542 e. The third kappa shape index (κ3) is 15.2. The van der Waals surface area contributed by atoms with E-state index in [1.165, 1.54) is 4.90 Å². The lowest BCUT2D eigenvalue weighted by Crippen LogP contribution is -2.86. The van der Waals surface area contributed by atoms with E-state index in [1.807, 2.05) is 0 Å². The van der Waals surface area contributed by atoms with E-state index in [4.69, 9.17) is 15.0 Å². The van der Waals surface area contributed by atoms with E-state index in [1.54, 1.807) is 20.8 Å². The molecule has 0 spiro atoms. The van der Waals surface area contributed by atoms with E-state index in [0.717, 1.165) is 38.8 Å². The van der Waals surface area contributed by atoms with Gasteiger partial charge < -0.3 is 41.0 Å². The van der Waals surface area contributed by atoms with Crippen LogP contribution in [0.15, 0.2) is 0 Å². The lowest BCUT2D eigenvalue weighted by atomic mass is 9.92. The zero-order valence-corrected chi connectivity index (χ0v) is 22.8. The van der Waals surface area contributed by atoms with E-state index < -0.39 is 60.3 Å². The van der Waals surface area contributed by atoms with Crippen molar-refractivity contribution in [2.45, 2.75) is 77.6 Å². The molecular weight excluding hydrogens is 545 g/mol. The number of nitrogens with one attached hydrogen (secondary N) is 2. The number of carbonyl (C=O) groups is 6. The van der Waals surface area contributed by atoms with Crippen LogP contribution in [-0.4, -0.2) is 95.2 Å². The first-order valence-electron chi connectivity index (χ1n) is 12.9. The fraction of sp³-hybridized carbons (Fsp3) is 0.750. The fourth-order valence-corrected chi connectivity index (χ4v) is 3.93. The van der Waals surface area contributed by atoms with Gasteiger partial charge in [-0.3, -0.25) is 19.2 Å². The maximum atomic E-state index is 12.5. The molecule has 3 amide bonds. The van der Waals surface area contributed by atoms with Gasteiger partial charge in [0.25, 0.3) is 0 Å². The zero-order valence-electron chi connectivity index (χ0n) is 22.8. The van der Waals surface area contributed by atoms with Gasteiger partial charge in [0.05, 0.1) is 26.1 Å². The smallest absolute Gasteiger partial charge is 0.430 e. The van der Waals surface area contributed by atoms with E-state index in [0.29, 0.717) is 18.9 Å². The van der Waals surface area contributed by atoms with Crippen LogP contribution in [0.2, 0.25) is 0 Å². The number of aliphatic carboxylic acids is 3. The third-order valence-corrected chi connectivity index (χ3v) is 6.12. The van der Waals surface area contributed by atoms with Crippen molar-refractivity contribution in [1.82, 2.24) is 15.5 Å². The van der Waals surface area contributed by atoms with Gasteiger partial charge in [-0.1, -0.05) is 13.8 Å². The Labute approximate surface area is 229 Å². The number of quaternary nitrogens is 1. The number of amides is 3. The molecule has 0 aromatic carbocycles. The Hall–Kier alpha value is -3.43. The number of hydrogen-bond donors (Lipinski definition) is 5. The molecule has 2 atom stereocenters. The minimum atomic E-state index is -5.19. The molecule has 1 aliphatic rings. The normalized spacial score (nSPS) is 15.2. The number of halogens is 3. The second-order valence-electron chi connectivity index (χ2n) is 9.68. The molecule has 1 saturated heterocycles. The molecule has 6 N–H and O–H groups in total. The molecule has 0 unspecified atom stereocenters. The molecule has 230 valence electrons. The molecule has 40 heavy (non-hydrogen) atoms. The van der Waals surface area contributed by atoms with E-state index in [2.05, 4.69) is 16.0 Å². The predicted molar refractivity (Wildman–Crippen MR) is 130 cm³/mol. The average molecular weight is 585 g/mol. The number of piperidine rings is 1. The second-order valence-corrected chi connectivity index (χ2v) is 9.68. The summed E-state index contributed by atoms with van der Waals surface area (Å²) in [5.41, 5.74) is 0. The standard InChI is InChI=1S/C22H38N4O7.C2HF3O2/c1-4-26(18(28)7-5-6-15-8-10-23-11-9-15)13-17(27)24-16(12-19(29)30)21(31)25-20(14(2)3)22(32)33;3-2(4,5)1(6)7/h14-16,20,23H,4-13H2,1-3H3,(H,24,27)(H,25,31)(H,29,30)(H,32,33);(H,6,7)/t16-,20+;/m0./s1. The monoisotopic (exact) mass is 584 g/mol. The van der Waals surface area contributed by atoms with Crippen molar-refractivity contribution in [1.29, 1.82) is 0 Å². The van der Waals surface area contributed by atoms with Crippen LogP contribution >= 0.6 is 0 Å². The Morgan fingerprint density at radius 3 is 2.02 bits per heavy atom. The van der Waals surface area contributed by atoms with E-state index in [-0.39, 0.29) is 12.5 Å². The highest BCUT2D eigenvalue weighted by Crippen LogP contribution is 2.17. The number of carbonyl (C=O) groups excluding carboxylic acids is 4. The molecular formula is C24H39F3N4O9. The number of likely N-dealkylation sites (N-methyl/N-ethyl adjacent to an activating group) is 1. The fourth-order valence-electron chi connectivity index (χ4n) is 3.93. The molecule has 0 saturated carbocycles. The highest BCUT2D eigenvalue weighted by atomic mass is 19.4. The number of carboxylic acids is 3. The first kappa shape index (κ1) is 36.6.